The van der Waals surface area contributed by atoms with E-state index < -0.39 is 0 Å². The molecule has 8 nitrogen and oxygen atoms in total. The lowest BCUT2D eigenvalue weighted by Crippen LogP contribution is -2.47. The quantitative estimate of drug-likeness (QED) is 0.630. The van der Waals surface area contributed by atoms with Crippen LogP contribution < -0.4 is 21.1 Å². The van der Waals surface area contributed by atoms with Crippen molar-refractivity contribution in [1.82, 2.24) is 19.9 Å². The van der Waals surface area contributed by atoms with Crippen LogP contribution in [0.1, 0.15) is 18.4 Å². The molecule has 0 spiro atoms. The summed E-state index contributed by atoms with van der Waals surface area (Å²) in [6, 6.07) is 12.9. The summed E-state index contributed by atoms with van der Waals surface area (Å²) in [6.07, 6.45) is 6.07. The second-order valence-electron chi connectivity index (χ2n) is 8.12. The second kappa shape index (κ2) is 8.39. The van der Waals surface area contributed by atoms with Gasteiger partial charge in [-0.2, -0.15) is 0 Å². The molecule has 1 aliphatic carbocycles. The molecule has 1 aliphatic heterocycles. The van der Waals surface area contributed by atoms with Gasteiger partial charge in [-0.15, -0.1) is 0 Å². The van der Waals surface area contributed by atoms with Crippen LogP contribution in [0.2, 0.25) is 0 Å². The molecule has 0 radical (unpaired) electrons. The Morgan fingerprint density at radius 3 is 2.45 bits per heavy atom. The lowest BCUT2D eigenvalue weighted by Gasteiger charge is -2.36. The normalized spacial score (nSPS) is 17.0. The summed E-state index contributed by atoms with van der Waals surface area (Å²) in [5.74, 6) is 1.02. The van der Waals surface area contributed by atoms with Crippen LogP contribution in [0.25, 0.3) is 11.3 Å². The minimum absolute atomic E-state index is 0.260. The highest BCUT2D eigenvalue weighted by molar-refractivity contribution is 5.64. The molecular formula is C23H27N7O. The highest BCUT2D eigenvalue weighted by Gasteiger charge is 2.31. The van der Waals surface area contributed by atoms with Gasteiger partial charge in [-0.25, -0.2) is 15.0 Å². The van der Waals surface area contributed by atoms with Crippen LogP contribution in [-0.4, -0.2) is 52.1 Å². The fourth-order valence-corrected chi connectivity index (χ4v) is 3.99. The molecule has 1 saturated carbocycles. The van der Waals surface area contributed by atoms with Gasteiger partial charge in [0.25, 0.3) is 5.88 Å². The molecule has 3 aromatic rings. The molecule has 0 bridgehead atoms. The number of pyridine rings is 1. The van der Waals surface area contributed by atoms with Crippen molar-refractivity contribution >= 4 is 17.3 Å². The van der Waals surface area contributed by atoms with E-state index in [1.165, 1.54) is 18.5 Å². The van der Waals surface area contributed by atoms with Crippen LogP contribution in [0.5, 0.6) is 5.88 Å². The first kappa shape index (κ1) is 19.6. The van der Waals surface area contributed by atoms with Crippen molar-refractivity contribution in [3.05, 3.63) is 54.4 Å². The van der Waals surface area contributed by atoms with E-state index >= 15 is 0 Å². The predicted octanol–water partition coefficient (Wildman–Crippen LogP) is 2.57. The molecule has 3 heterocycles. The molecule has 0 unspecified atom stereocenters. The maximum Gasteiger partial charge on any atom is 0.258 e. The molecular weight excluding hydrogens is 390 g/mol. The van der Waals surface area contributed by atoms with Crippen molar-refractivity contribution in [3.8, 4) is 17.1 Å². The van der Waals surface area contributed by atoms with Crippen molar-refractivity contribution in [3.63, 3.8) is 0 Å². The number of rotatable bonds is 6. The standard InChI is InChI=1S/C23H27N7O/c24-21-13-16(7-8-26-21)15-31-23-22(25)27-14-20(28-23)17-1-3-18(4-2-17)29-9-11-30(12-10-29)19-5-6-19/h1-4,7-8,13-14,19H,5-6,9-12,15H2,(H2,24,26)(H2,25,27). The summed E-state index contributed by atoms with van der Waals surface area (Å²) < 4.78 is 5.80. The van der Waals surface area contributed by atoms with Crippen molar-refractivity contribution in [1.29, 1.82) is 0 Å². The third-order valence-corrected chi connectivity index (χ3v) is 5.89. The average Bonchev–Trinajstić information content (AvgIpc) is 3.65. The van der Waals surface area contributed by atoms with Crippen molar-refractivity contribution < 1.29 is 4.74 Å². The topological polar surface area (TPSA) is 106 Å². The van der Waals surface area contributed by atoms with E-state index in [-0.39, 0.29) is 5.82 Å². The van der Waals surface area contributed by atoms with Crippen LogP contribution in [0.15, 0.2) is 48.8 Å². The Kier molecular flexibility index (Phi) is 5.30. The first-order chi connectivity index (χ1) is 15.2. The summed E-state index contributed by atoms with van der Waals surface area (Å²) >= 11 is 0. The first-order valence-corrected chi connectivity index (χ1v) is 10.7. The van der Waals surface area contributed by atoms with Gasteiger partial charge in [0, 0.05) is 49.7 Å². The zero-order valence-corrected chi connectivity index (χ0v) is 17.4. The van der Waals surface area contributed by atoms with E-state index in [4.69, 9.17) is 16.2 Å². The second-order valence-corrected chi connectivity index (χ2v) is 8.12. The summed E-state index contributed by atoms with van der Waals surface area (Å²) in [5, 5.41) is 0. The van der Waals surface area contributed by atoms with Crippen molar-refractivity contribution in [2.75, 3.05) is 42.5 Å². The molecule has 4 N–H and O–H groups in total. The number of benzene rings is 1. The third kappa shape index (κ3) is 4.54. The minimum atomic E-state index is 0.260. The number of piperazine rings is 1. The van der Waals surface area contributed by atoms with Gasteiger partial charge in [-0.05, 0) is 42.7 Å². The van der Waals surface area contributed by atoms with Gasteiger partial charge >= 0.3 is 0 Å². The van der Waals surface area contributed by atoms with Gasteiger partial charge in [0.2, 0.25) is 0 Å². The number of nitrogens with two attached hydrogens (primary N) is 2. The Balaban J connectivity index is 1.26. The predicted molar refractivity (Wildman–Crippen MR) is 122 cm³/mol. The van der Waals surface area contributed by atoms with Gasteiger partial charge in [0.15, 0.2) is 5.82 Å². The number of hydrogen-bond donors (Lipinski definition) is 2. The SMILES string of the molecule is Nc1cc(COc2nc(-c3ccc(N4CCN(C5CC5)CC4)cc3)cnc2N)ccn1. The fourth-order valence-electron chi connectivity index (χ4n) is 3.99. The summed E-state index contributed by atoms with van der Waals surface area (Å²) in [5.41, 5.74) is 15.5. The van der Waals surface area contributed by atoms with Crippen molar-refractivity contribution in [2.24, 2.45) is 0 Å². The molecule has 31 heavy (non-hydrogen) atoms. The number of ether oxygens (including phenoxy) is 1. The van der Waals surface area contributed by atoms with Gasteiger partial charge in [-0.1, -0.05) is 12.1 Å². The zero-order chi connectivity index (χ0) is 21.2. The molecule has 5 rings (SSSR count). The Hall–Kier alpha value is -3.39. The highest BCUT2D eigenvalue weighted by Crippen LogP contribution is 2.29. The van der Waals surface area contributed by atoms with Crippen LogP contribution in [-0.2, 0) is 6.61 Å². The summed E-state index contributed by atoms with van der Waals surface area (Å²) in [4.78, 5) is 17.9. The Bertz CT molecular complexity index is 1040. The van der Waals surface area contributed by atoms with E-state index in [0.29, 0.717) is 18.3 Å². The van der Waals surface area contributed by atoms with Gasteiger partial charge in [-0.3, -0.25) is 4.90 Å². The van der Waals surface area contributed by atoms with E-state index in [2.05, 4.69) is 49.0 Å². The molecule has 160 valence electrons. The third-order valence-electron chi connectivity index (χ3n) is 5.89. The van der Waals surface area contributed by atoms with Crippen LogP contribution in [0, 0.1) is 0 Å². The summed E-state index contributed by atoms with van der Waals surface area (Å²) in [6.45, 7) is 4.75. The maximum absolute atomic E-state index is 5.97. The maximum atomic E-state index is 5.97. The molecule has 2 aromatic heterocycles. The van der Waals surface area contributed by atoms with Gasteiger partial charge < -0.3 is 21.1 Å². The molecule has 0 atom stereocenters. The number of nitrogens with zero attached hydrogens (tertiary/aromatic N) is 5. The smallest absolute Gasteiger partial charge is 0.258 e. The Morgan fingerprint density at radius 2 is 1.74 bits per heavy atom. The fraction of sp³-hybridized carbons (Fsp3) is 0.348. The first-order valence-electron chi connectivity index (χ1n) is 10.7. The van der Waals surface area contributed by atoms with Crippen LogP contribution in [0.3, 0.4) is 0 Å². The molecule has 1 saturated heterocycles. The van der Waals surface area contributed by atoms with Gasteiger partial charge in [0.1, 0.15) is 12.4 Å². The Labute approximate surface area is 181 Å². The Morgan fingerprint density at radius 1 is 0.968 bits per heavy atom. The monoisotopic (exact) mass is 417 g/mol. The molecule has 2 fully saturated rings. The van der Waals surface area contributed by atoms with Crippen LogP contribution >= 0.6 is 0 Å². The number of anilines is 3. The highest BCUT2D eigenvalue weighted by atomic mass is 16.5. The molecule has 2 aliphatic rings. The largest absolute Gasteiger partial charge is 0.470 e. The molecule has 0 amide bonds. The van der Waals surface area contributed by atoms with E-state index in [0.717, 1.165) is 49.0 Å². The van der Waals surface area contributed by atoms with Crippen LogP contribution in [0.4, 0.5) is 17.3 Å². The summed E-state index contributed by atoms with van der Waals surface area (Å²) in [7, 11) is 0. The van der Waals surface area contributed by atoms with E-state index in [1.807, 2.05) is 6.07 Å². The minimum Gasteiger partial charge on any atom is -0.470 e. The van der Waals surface area contributed by atoms with Gasteiger partial charge in [0.05, 0.1) is 11.9 Å². The zero-order valence-electron chi connectivity index (χ0n) is 17.4. The van der Waals surface area contributed by atoms with E-state index in [1.54, 1.807) is 18.5 Å². The molecule has 8 heteroatoms. The lowest BCUT2D eigenvalue weighted by atomic mass is 10.1. The van der Waals surface area contributed by atoms with Crippen molar-refractivity contribution in [2.45, 2.75) is 25.5 Å². The lowest BCUT2D eigenvalue weighted by molar-refractivity contribution is 0.248. The molecule has 1 aromatic carbocycles. The number of aromatic nitrogens is 3. The van der Waals surface area contributed by atoms with E-state index in [9.17, 15) is 0 Å². The number of hydrogen-bond acceptors (Lipinski definition) is 8. The average molecular weight is 418 g/mol. The number of nitrogen functional groups attached to an aromatic ring is 2.